The molecule has 3 heteroatoms. The van der Waals surface area contributed by atoms with Crippen molar-refractivity contribution in [2.75, 3.05) is 14.2 Å². The van der Waals surface area contributed by atoms with E-state index in [4.69, 9.17) is 4.74 Å². The summed E-state index contributed by atoms with van der Waals surface area (Å²) in [6.45, 7) is 2.12. The van der Waals surface area contributed by atoms with E-state index in [1.54, 1.807) is 13.2 Å². The summed E-state index contributed by atoms with van der Waals surface area (Å²) in [7, 11) is 3.49. The summed E-state index contributed by atoms with van der Waals surface area (Å²) >= 11 is 0. The third-order valence-corrected chi connectivity index (χ3v) is 3.55. The van der Waals surface area contributed by atoms with Gasteiger partial charge in [0.25, 0.3) is 5.91 Å². The summed E-state index contributed by atoms with van der Waals surface area (Å²) in [4.78, 5) is 14.1. The highest BCUT2D eigenvalue weighted by Crippen LogP contribution is 2.35. The summed E-state index contributed by atoms with van der Waals surface area (Å²) in [6, 6.07) is 7.65. The monoisotopic (exact) mass is 233 g/mol. The van der Waals surface area contributed by atoms with Gasteiger partial charge in [0.15, 0.2) is 0 Å². The van der Waals surface area contributed by atoms with Gasteiger partial charge >= 0.3 is 0 Å². The Labute approximate surface area is 102 Å². The van der Waals surface area contributed by atoms with Crippen LogP contribution in [0.2, 0.25) is 0 Å². The van der Waals surface area contributed by atoms with Crippen LogP contribution in [0.25, 0.3) is 0 Å². The van der Waals surface area contributed by atoms with E-state index in [2.05, 4.69) is 6.92 Å². The van der Waals surface area contributed by atoms with Crippen molar-refractivity contribution < 1.29 is 9.53 Å². The number of methoxy groups -OCH3 is 1. The SMILES string of the molecule is COc1cccc(C(=O)N(C)C(C)C2CC2)c1. The van der Waals surface area contributed by atoms with E-state index in [-0.39, 0.29) is 5.91 Å². The van der Waals surface area contributed by atoms with Crippen molar-refractivity contribution in [2.45, 2.75) is 25.8 Å². The molecule has 1 amide bonds. The third kappa shape index (κ3) is 2.60. The number of rotatable bonds is 4. The van der Waals surface area contributed by atoms with Gasteiger partial charge < -0.3 is 9.64 Å². The summed E-state index contributed by atoms with van der Waals surface area (Å²) in [6.07, 6.45) is 2.49. The average Bonchev–Trinajstić information content (AvgIpc) is 3.20. The normalized spacial score (nSPS) is 16.4. The number of amides is 1. The maximum atomic E-state index is 12.3. The highest BCUT2D eigenvalue weighted by molar-refractivity contribution is 5.94. The molecular formula is C14H19NO2. The highest BCUT2D eigenvalue weighted by Gasteiger charge is 2.32. The fraction of sp³-hybridized carbons (Fsp3) is 0.500. The van der Waals surface area contributed by atoms with E-state index in [0.717, 1.165) is 5.75 Å². The molecule has 17 heavy (non-hydrogen) atoms. The average molecular weight is 233 g/mol. The second kappa shape index (κ2) is 4.78. The minimum Gasteiger partial charge on any atom is -0.497 e. The van der Waals surface area contributed by atoms with Gasteiger partial charge in [-0.2, -0.15) is 0 Å². The lowest BCUT2D eigenvalue weighted by Crippen LogP contribution is -2.36. The van der Waals surface area contributed by atoms with Gasteiger partial charge in [-0.1, -0.05) is 6.07 Å². The molecule has 1 fully saturated rings. The molecule has 0 saturated heterocycles. The summed E-state index contributed by atoms with van der Waals surface area (Å²) < 4.78 is 5.13. The van der Waals surface area contributed by atoms with Crippen molar-refractivity contribution in [1.82, 2.24) is 4.90 Å². The Bertz CT molecular complexity index is 412. The predicted molar refractivity (Wildman–Crippen MR) is 67.3 cm³/mol. The van der Waals surface area contributed by atoms with Crippen LogP contribution >= 0.6 is 0 Å². The molecule has 2 rings (SSSR count). The van der Waals surface area contributed by atoms with Crippen molar-refractivity contribution in [1.29, 1.82) is 0 Å². The van der Waals surface area contributed by atoms with E-state index in [9.17, 15) is 4.79 Å². The van der Waals surface area contributed by atoms with Crippen LogP contribution in [0.1, 0.15) is 30.1 Å². The first-order chi connectivity index (χ1) is 8.13. The Morgan fingerprint density at radius 1 is 1.47 bits per heavy atom. The minimum absolute atomic E-state index is 0.0725. The lowest BCUT2D eigenvalue weighted by Gasteiger charge is -2.25. The molecule has 1 aliphatic carbocycles. The Balaban J connectivity index is 2.11. The Hall–Kier alpha value is -1.51. The zero-order valence-corrected chi connectivity index (χ0v) is 10.6. The van der Waals surface area contributed by atoms with Gasteiger partial charge in [-0.25, -0.2) is 0 Å². The summed E-state index contributed by atoms with van der Waals surface area (Å²) in [5.74, 6) is 1.49. The fourth-order valence-electron chi connectivity index (χ4n) is 2.04. The van der Waals surface area contributed by atoms with Gasteiger partial charge in [-0.3, -0.25) is 4.79 Å². The van der Waals surface area contributed by atoms with Crippen LogP contribution in [-0.4, -0.2) is 31.0 Å². The largest absolute Gasteiger partial charge is 0.497 e. The third-order valence-electron chi connectivity index (χ3n) is 3.55. The highest BCUT2D eigenvalue weighted by atomic mass is 16.5. The molecule has 0 bridgehead atoms. The zero-order valence-electron chi connectivity index (χ0n) is 10.6. The van der Waals surface area contributed by atoms with Crippen LogP contribution in [0.15, 0.2) is 24.3 Å². The van der Waals surface area contributed by atoms with E-state index in [1.807, 2.05) is 30.1 Å². The molecule has 1 unspecified atom stereocenters. The standard InChI is InChI=1S/C14H19NO2/c1-10(11-7-8-11)15(2)14(16)12-5-4-6-13(9-12)17-3/h4-6,9-11H,7-8H2,1-3H3. The van der Waals surface area contributed by atoms with Crippen LogP contribution in [0.5, 0.6) is 5.75 Å². The number of hydrogen-bond acceptors (Lipinski definition) is 2. The van der Waals surface area contributed by atoms with E-state index < -0.39 is 0 Å². The van der Waals surface area contributed by atoms with E-state index >= 15 is 0 Å². The predicted octanol–water partition coefficient (Wildman–Crippen LogP) is 2.57. The zero-order chi connectivity index (χ0) is 12.4. The second-order valence-corrected chi connectivity index (χ2v) is 4.73. The van der Waals surface area contributed by atoms with Gasteiger partial charge in [0, 0.05) is 18.7 Å². The molecule has 0 aliphatic heterocycles. The molecule has 0 spiro atoms. The second-order valence-electron chi connectivity index (χ2n) is 4.73. The lowest BCUT2D eigenvalue weighted by molar-refractivity contribution is 0.0727. The Morgan fingerprint density at radius 2 is 2.18 bits per heavy atom. The molecule has 1 aromatic carbocycles. The lowest BCUT2D eigenvalue weighted by atomic mass is 10.1. The van der Waals surface area contributed by atoms with Crippen LogP contribution in [0.4, 0.5) is 0 Å². The number of carbonyl (C=O) groups excluding carboxylic acids is 1. The summed E-state index contributed by atoms with van der Waals surface area (Å²) in [5, 5.41) is 0. The number of ether oxygens (including phenoxy) is 1. The fourth-order valence-corrected chi connectivity index (χ4v) is 2.04. The molecule has 92 valence electrons. The quantitative estimate of drug-likeness (QED) is 0.800. The van der Waals surface area contributed by atoms with Crippen LogP contribution < -0.4 is 4.74 Å². The van der Waals surface area contributed by atoms with Crippen molar-refractivity contribution in [3.8, 4) is 5.75 Å². The van der Waals surface area contributed by atoms with Crippen molar-refractivity contribution in [3.05, 3.63) is 29.8 Å². The van der Waals surface area contributed by atoms with E-state index in [0.29, 0.717) is 17.5 Å². The molecule has 3 nitrogen and oxygen atoms in total. The molecule has 1 aliphatic rings. The Kier molecular flexibility index (Phi) is 3.36. The van der Waals surface area contributed by atoms with Crippen LogP contribution in [-0.2, 0) is 0 Å². The molecule has 1 aromatic rings. The molecule has 1 saturated carbocycles. The number of nitrogens with zero attached hydrogens (tertiary/aromatic N) is 1. The first-order valence-electron chi connectivity index (χ1n) is 6.04. The minimum atomic E-state index is 0.0725. The topological polar surface area (TPSA) is 29.5 Å². The maximum absolute atomic E-state index is 12.3. The van der Waals surface area contributed by atoms with Crippen molar-refractivity contribution in [3.63, 3.8) is 0 Å². The van der Waals surface area contributed by atoms with E-state index in [1.165, 1.54) is 12.8 Å². The summed E-state index contributed by atoms with van der Waals surface area (Å²) in [5.41, 5.74) is 0.694. The molecule has 0 radical (unpaired) electrons. The molecular weight excluding hydrogens is 214 g/mol. The van der Waals surface area contributed by atoms with Gasteiger partial charge in [-0.15, -0.1) is 0 Å². The Morgan fingerprint density at radius 3 is 2.76 bits per heavy atom. The first kappa shape index (κ1) is 12.0. The number of carbonyl (C=O) groups is 1. The molecule has 1 atom stereocenters. The van der Waals surface area contributed by atoms with Crippen molar-refractivity contribution in [2.24, 2.45) is 5.92 Å². The van der Waals surface area contributed by atoms with Gasteiger partial charge in [0.2, 0.25) is 0 Å². The van der Waals surface area contributed by atoms with Gasteiger partial charge in [0.05, 0.1) is 7.11 Å². The van der Waals surface area contributed by atoms with Crippen LogP contribution in [0, 0.1) is 5.92 Å². The number of hydrogen-bond donors (Lipinski definition) is 0. The van der Waals surface area contributed by atoms with Crippen molar-refractivity contribution >= 4 is 5.91 Å². The molecule has 0 aromatic heterocycles. The van der Waals surface area contributed by atoms with Gasteiger partial charge in [-0.05, 0) is 43.9 Å². The van der Waals surface area contributed by atoms with Gasteiger partial charge in [0.1, 0.15) is 5.75 Å². The first-order valence-corrected chi connectivity index (χ1v) is 6.04. The number of benzene rings is 1. The molecule has 0 heterocycles. The van der Waals surface area contributed by atoms with Crippen LogP contribution in [0.3, 0.4) is 0 Å². The maximum Gasteiger partial charge on any atom is 0.253 e. The smallest absolute Gasteiger partial charge is 0.253 e. The molecule has 0 N–H and O–H groups in total.